The Morgan fingerprint density at radius 2 is 1.82 bits per heavy atom. The minimum atomic E-state index is -0.194. The number of urea groups is 1. The van der Waals surface area contributed by atoms with Gasteiger partial charge in [0.25, 0.3) is 5.91 Å². The number of benzene rings is 3. The van der Waals surface area contributed by atoms with Gasteiger partial charge in [-0.25, -0.2) is 4.79 Å². The van der Waals surface area contributed by atoms with E-state index in [2.05, 4.69) is 28.6 Å². The van der Waals surface area contributed by atoms with Crippen molar-refractivity contribution in [1.82, 2.24) is 9.88 Å². The van der Waals surface area contributed by atoms with E-state index in [1.54, 1.807) is 4.90 Å². The van der Waals surface area contributed by atoms with Crippen LogP contribution in [0.25, 0.3) is 22.0 Å². The van der Waals surface area contributed by atoms with E-state index in [9.17, 15) is 9.59 Å². The summed E-state index contributed by atoms with van der Waals surface area (Å²) < 4.78 is 5.41. The van der Waals surface area contributed by atoms with Crippen LogP contribution in [0.15, 0.2) is 72.9 Å². The molecule has 3 heterocycles. The smallest absolute Gasteiger partial charge is 0.322 e. The molecule has 0 unspecified atom stereocenters. The van der Waals surface area contributed by atoms with Crippen LogP contribution in [0.3, 0.4) is 0 Å². The monoisotopic (exact) mass is 509 g/mol. The molecule has 0 spiro atoms. The number of anilines is 3. The van der Waals surface area contributed by atoms with E-state index in [1.165, 1.54) is 0 Å². The largest absolute Gasteiger partial charge is 0.381 e. The topological polar surface area (TPSA) is 89.7 Å². The molecule has 3 aromatic carbocycles. The molecule has 0 bridgehead atoms. The second-order valence-electron chi connectivity index (χ2n) is 9.88. The molecular weight excluding hydrogens is 478 g/mol. The molecule has 3 amide bonds. The predicted molar refractivity (Wildman–Crippen MR) is 151 cm³/mol. The van der Waals surface area contributed by atoms with Gasteiger partial charge in [0.1, 0.15) is 0 Å². The minimum Gasteiger partial charge on any atom is -0.381 e. The number of fused-ring (bicyclic) bond motifs is 2. The Kier molecular flexibility index (Phi) is 6.47. The van der Waals surface area contributed by atoms with E-state index >= 15 is 0 Å². The molecule has 1 saturated heterocycles. The van der Waals surface area contributed by atoms with Crippen LogP contribution in [0.2, 0.25) is 0 Å². The van der Waals surface area contributed by atoms with E-state index in [0.717, 1.165) is 39.8 Å². The van der Waals surface area contributed by atoms with Gasteiger partial charge in [-0.3, -0.25) is 4.79 Å². The number of nitrogens with one attached hydrogen (secondary N) is 3. The second kappa shape index (κ2) is 10.2. The zero-order chi connectivity index (χ0) is 26.1. The lowest BCUT2D eigenvalue weighted by atomic mass is 9.99. The highest BCUT2D eigenvalue weighted by molar-refractivity contribution is 6.09. The summed E-state index contributed by atoms with van der Waals surface area (Å²) in [5.41, 5.74) is 5.81. The Balaban J connectivity index is 1.38. The fraction of sp³-hybridized carbons (Fsp3) is 0.267. The summed E-state index contributed by atoms with van der Waals surface area (Å²) in [5, 5.41) is 7.68. The lowest BCUT2D eigenvalue weighted by Crippen LogP contribution is -2.43. The maximum absolute atomic E-state index is 13.9. The average Bonchev–Trinajstić information content (AvgIpc) is 3.35. The first-order chi connectivity index (χ1) is 18.6. The van der Waals surface area contributed by atoms with Crippen molar-refractivity contribution in [3.8, 4) is 11.1 Å². The van der Waals surface area contributed by atoms with E-state index < -0.39 is 0 Å². The first-order valence-corrected chi connectivity index (χ1v) is 13.1. The third kappa shape index (κ3) is 4.70. The van der Waals surface area contributed by atoms with Crippen molar-refractivity contribution in [2.45, 2.75) is 19.4 Å². The molecule has 0 radical (unpaired) electrons. The molecule has 1 aromatic heterocycles. The van der Waals surface area contributed by atoms with Crippen molar-refractivity contribution in [2.75, 3.05) is 48.4 Å². The molecular formula is C30H31N5O3. The quantitative estimate of drug-likeness (QED) is 0.338. The van der Waals surface area contributed by atoms with Gasteiger partial charge in [-0.15, -0.1) is 0 Å². The molecule has 2 aliphatic rings. The highest BCUT2D eigenvalue weighted by Gasteiger charge is 2.26. The second-order valence-corrected chi connectivity index (χ2v) is 9.88. The van der Waals surface area contributed by atoms with Crippen molar-refractivity contribution in [3.63, 3.8) is 0 Å². The van der Waals surface area contributed by atoms with E-state index in [1.807, 2.05) is 71.8 Å². The average molecular weight is 510 g/mol. The van der Waals surface area contributed by atoms with Crippen LogP contribution in [0.5, 0.6) is 0 Å². The number of carbonyl (C=O) groups excluding carboxylic acids is 2. The maximum atomic E-state index is 13.9. The number of amides is 3. The van der Waals surface area contributed by atoms with Gasteiger partial charge in [0.15, 0.2) is 0 Å². The molecule has 0 saturated carbocycles. The number of para-hydroxylation sites is 2. The van der Waals surface area contributed by atoms with Gasteiger partial charge < -0.3 is 30.2 Å². The van der Waals surface area contributed by atoms with Crippen LogP contribution < -0.4 is 15.5 Å². The molecule has 1 atom stereocenters. The summed E-state index contributed by atoms with van der Waals surface area (Å²) in [6.45, 7) is 4.83. The van der Waals surface area contributed by atoms with Crippen LogP contribution in [0.4, 0.5) is 21.9 Å². The Hall–Kier alpha value is -4.30. The molecule has 0 aliphatic carbocycles. The van der Waals surface area contributed by atoms with E-state index in [0.29, 0.717) is 44.1 Å². The van der Waals surface area contributed by atoms with Crippen LogP contribution in [0, 0.1) is 0 Å². The Morgan fingerprint density at radius 1 is 0.974 bits per heavy atom. The number of morpholine rings is 1. The number of H-pyrrole nitrogens is 1. The van der Waals surface area contributed by atoms with Crippen molar-refractivity contribution < 1.29 is 14.3 Å². The lowest BCUT2D eigenvalue weighted by Gasteiger charge is -2.27. The first-order valence-electron chi connectivity index (χ1n) is 13.1. The summed E-state index contributed by atoms with van der Waals surface area (Å²) in [4.78, 5) is 33.9. The highest BCUT2D eigenvalue weighted by atomic mass is 16.5. The molecule has 38 heavy (non-hydrogen) atoms. The zero-order valence-corrected chi connectivity index (χ0v) is 21.4. The van der Waals surface area contributed by atoms with Gasteiger partial charge in [0.2, 0.25) is 0 Å². The van der Waals surface area contributed by atoms with Crippen molar-refractivity contribution in [1.29, 1.82) is 0 Å². The molecule has 6 rings (SSSR count). The Labute approximate surface area is 221 Å². The number of hydrogen-bond donors (Lipinski definition) is 3. The number of aromatic amines is 1. The number of ether oxygens (including phenoxy) is 1. The van der Waals surface area contributed by atoms with Gasteiger partial charge in [0.05, 0.1) is 30.3 Å². The molecule has 8 heteroatoms. The Bertz CT molecular complexity index is 1490. The molecule has 194 valence electrons. The predicted octanol–water partition coefficient (Wildman–Crippen LogP) is 5.55. The molecule has 3 N–H and O–H groups in total. The molecule has 1 fully saturated rings. The van der Waals surface area contributed by atoms with Crippen molar-refractivity contribution in [3.05, 3.63) is 78.5 Å². The van der Waals surface area contributed by atoms with Gasteiger partial charge in [-0.05, 0) is 66.8 Å². The maximum Gasteiger partial charge on any atom is 0.322 e. The Morgan fingerprint density at radius 3 is 2.68 bits per heavy atom. The minimum absolute atomic E-state index is 0.0946. The summed E-state index contributed by atoms with van der Waals surface area (Å²) >= 11 is 0. The molecule has 4 aromatic rings. The standard InChI is InChI=1S/C30H31N5O3/c1-20-11-13-35(28-5-3-2-4-26(28)32-20)29(36)23-6-8-24(21-7-9-25-22(18-21)10-12-31-25)27(19-23)33-30(37)34-14-16-38-17-15-34/h2-10,12,18-20,31-32H,11,13-17H2,1H3,(H,33,37)/t20-/m0/s1. The number of hydrogen-bond acceptors (Lipinski definition) is 4. The summed E-state index contributed by atoms with van der Waals surface area (Å²) in [6, 6.07) is 21.7. The van der Waals surface area contributed by atoms with Gasteiger partial charge >= 0.3 is 6.03 Å². The van der Waals surface area contributed by atoms with Crippen molar-refractivity contribution in [2.24, 2.45) is 0 Å². The third-order valence-electron chi connectivity index (χ3n) is 7.30. The number of nitrogens with zero attached hydrogens (tertiary/aromatic N) is 2. The number of rotatable bonds is 3. The van der Waals surface area contributed by atoms with Crippen LogP contribution in [-0.4, -0.2) is 60.7 Å². The lowest BCUT2D eigenvalue weighted by molar-refractivity contribution is 0.0564. The third-order valence-corrected chi connectivity index (χ3v) is 7.30. The van der Waals surface area contributed by atoms with E-state index in [4.69, 9.17) is 4.74 Å². The molecule has 2 aliphatic heterocycles. The van der Waals surface area contributed by atoms with Gasteiger partial charge in [0, 0.05) is 48.5 Å². The highest BCUT2D eigenvalue weighted by Crippen LogP contribution is 2.34. The molecule has 8 nitrogen and oxygen atoms in total. The van der Waals surface area contributed by atoms with Crippen molar-refractivity contribution >= 4 is 39.9 Å². The summed E-state index contributed by atoms with van der Waals surface area (Å²) in [7, 11) is 0. The van der Waals surface area contributed by atoms with Crippen LogP contribution in [-0.2, 0) is 4.74 Å². The fourth-order valence-corrected chi connectivity index (χ4v) is 5.19. The first kappa shape index (κ1) is 24.1. The fourth-order valence-electron chi connectivity index (χ4n) is 5.19. The number of carbonyl (C=O) groups is 2. The zero-order valence-electron chi connectivity index (χ0n) is 21.4. The van der Waals surface area contributed by atoms with Crippen LogP contribution >= 0.6 is 0 Å². The SMILES string of the molecule is C[C@H]1CCN(C(=O)c2ccc(-c3ccc4[nH]ccc4c3)c(NC(=O)N3CCOCC3)c2)c2ccccc2N1. The van der Waals surface area contributed by atoms with Gasteiger partial charge in [-0.1, -0.05) is 24.3 Å². The van der Waals surface area contributed by atoms with Gasteiger partial charge in [-0.2, -0.15) is 0 Å². The van der Waals surface area contributed by atoms with Crippen LogP contribution in [0.1, 0.15) is 23.7 Å². The summed E-state index contributed by atoms with van der Waals surface area (Å²) in [5.74, 6) is -0.0946. The van der Waals surface area contributed by atoms with E-state index in [-0.39, 0.29) is 18.0 Å². The number of aromatic nitrogens is 1. The normalized spacial score (nSPS) is 17.4. The summed E-state index contributed by atoms with van der Waals surface area (Å²) in [6.07, 6.45) is 2.74.